The Labute approximate surface area is 76.1 Å². The van der Waals surface area contributed by atoms with E-state index >= 15 is 0 Å². The monoisotopic (exact) mass is 170 g/mol. The zero-order chi connectivity index (χ0) is 8.97. The molecule has 1 fully saturated rings. The lowest BCUT2D eigenvalue weighted by Gasteiger charge is -2.19. The highest BCUT2D eigenvalue weighted by molar-refractivity contribution is 4.76. The Morgan fingerprint density at radius 2 is 2.33 bits per heavy atom. The summed E-state index contributed by atoms with van der Waals surface area (Å²) < 4.78 is 0. The van der Waals surface area contributed by atoms with Gasteiger partial charge in [-0.3, -0.25) is 0 Å². The lowest BCUT2D eigenvalue weighted by Crippen LogP contribution is -2.27. The molecule has 0 spiro atoms. The van der Waals surface area contributed by atoms with Crippen LogP contribution in [0.25, 0.3) is 0 Å². The molecular weight excluding hydrogens is 148 g/mol. The number of nitrogens with two attached hydrogens (primary N) is 1. The summed E-state index contributed by atoms with van der Waals surface area (Å²) in [4.78, 5) is 2.56. The molecule has 72 valence electrons. The molecule has 0 radical (unpaired) electrons. The number of hydrogen-bond donors (Lipinski definition) is 1. The number of hydrogen-bond acceptors (Lipinski definition) is 2. The molecule has 0 saturated carbocycles. The molecule has 2 nitrogen and oxygen atoms in total. The fraction of sp³-hybridized carbons (Fsp3) is 1.00. The summed E-state index contributed by atoms with van der Waals surface area (Å²) in [7, 11) is 0. The third-order valence-corrected chi connectivity index (χ3v) is 2.97. The molecule has 0 amide bonds. The SMILES string of the molecule is CCC(C)CN1CCC(CN)C1. The van der Waals surface area contributed by atoms with E-state index in [4.69, 9.17) is 5.73 Å². The molecule has 0 aliphatic carbocycles. The Hall–Kier alpha value is -0.0800. The van der Waals surface area contributed by atoms with Crippen LogP contribution in [0.3, 0.4) is 0 Å². The van der Waals surface area contributed by atoms with Crippen LogP contribution in [0.5, 0.6) is 0 Å². The Bertz CT molecular complexity index is 125. The van der Waals surface area contributed by atoms with Gasteiger partial charge >= 0.3 is 0 Å². The van der Waals surface area contributed by atoms with Crippen LogP contribution >= 0.6 is 0 Å². The average molecular weight is 170 g/mol. The van der Waals surface area contributed by atoms with Gasteiger partial charge in [-0.2, -0.15) is 0 Å². The van der Waals surface area contributed by atoms with Gasteiger partial charge in [0.25, 0.3) is 0 Å². The minimum absolute atomic E-state index is 0.772. The molecular formula is C10H22N2. The predicted octanol–water partition coefficient (Wildman–Crippen LogP) is 1.31. The van der Waals surface area contributed by atoms with E-state index in [1.165, 1.54) is 32.5 Å². The third-order valence-electron chi connectivity index (χ3n) is 2.97. The van der Waals surface area contributed by atoms with Gasteiger partial charge in [0.15, 0.2) is 0 Å². The van der Waals surface area contributed by atoms with E-state index in [0.717, 1.165) is 18.4 Å². The topological polar surface area (TPSA) is 29.3 Å². The maximum atomic E-state index is 5.63. The van der Waals surface area contributed by atoms with Crippen LogP contribution in [0.1, 0.15) is 26.7 Å². The zero-order valence-corrected chi connectivity index (χ0v) is 8.42. The highest BCUT2D eigenvalue weighted by Gasteiger charge is 2.21. The molecule has 2 N–H and O–H groups in total. The standard InChI is InChI=1S/C10H22N2/c1-3-9(2)7-12-5-4-10(6-11)8-12/h9-10H,3-8,11H2,1-2H3. The van der Waals surface area contributed by atoms with Crippen molar-refractivity contribution in [1.82, 2.24) is 4.90 Å². The molecule has 0 aromatic carbocycles. The number of likely N-dealkylation sites (tertiary alicyclic amines) is 1. The van der Waals surface area contributed by atoms with Crippen LogP contribution < -0.4 is 5.73 Å². The molecule has 2 atom stereocenters. The normalized spacial score (nSPS) is 27.8. The van der Waals surface area contributed by atoms with Crippen molar-refractivity contribution in [2.75, 3.05) is 26.2 Å². The Morgan fingerprint density at radius 1 is 1.58 bits per heavy atom. The lowest BCUT2D eigenvalue weighted by atomic mass is 10.1. The minimum atomic E-state index is 0.772. The molecule has 12 heavy (non-hydrogen) atoms. The Morgan fingerprint density at radius 3 is 2.83 bits per heavy atom. The first-order chi connectivity index (χ1) is 5.76. The van der Waals surface area contributed by atoms with Gasteiger partial charge in [0.2, 0.25) is 0 Å². The van der Waals surface area contributed by atoms with Crippen molar-refractivity contribution in [3.05, 3.63) is 0 Å². The molecule has 1 aliphatic rings. The summed E-state index contributed by atoms with van der Waals surface area (Å²) in [5.41, 5.74) is 5.63. The predicted molar refractivity (Wildman–Crippen MR) is 53.1 cm³/mol. The maximum absolute atomic E-state index is 5.63. The molecule has 0 aromatic rings. The van der Waals surface area contributed by atoms with Crippen molar-refractivity contribution >= 4 is 0 Å². The van der Waals surface area contributed by atoms with Gasteiger partial charge in [-0.05, 0) is 31.3 Å². The van der Waals surface area contributed by atoms with Gasteiger partial charge in [0, 0.05) is 13.1 Å². The van der Waals surface area contributed by atoms with E-state index < -0.39 is 0 Å². The van der Waals surface area contributed by atoms with E-state index in [1.54, 1.807) is 0 Å². The maximum Gasteiger partial charge on any atom is 0.00223 e. The summed E-state index contributed by atoms with van der Waals surface area (Å²) in [5, 5.41) is 0. The van der Waals surface area contributed by atoms with Gasteiger partial charge in [0.1, 0.15) is 0 Å². The average Bonchev–Trinajstić information content (AvgIpc) is 2.52. The number of nitrogens with zero attached hydrogens (tertiary/aromatic N) is 1. The van der Waals surface area contributed by atoms with E-state index in [2.05, 4.69) is 18.7 Å². The first-order valence-corrected chi connectivity index (χ1v) is 5.18. The molecule has 2 heteroatoms. The summed E-state index contributed by atoms with van der Waals surface area (Å²) in [6.45, 7) is 9.24. The smallest absolute Gasteiger partial charge is 0.00223 e. The van der Waals surface area contributed by atoms with Crippen molar-refractivity contribution < 1.29 is 0 Å². The molecule has 1 saturated heterocycles. The van der Waals surface area contributed by atoms with Crippen molar-refractivity contribution in [3.63, 3.8) is 0 Å². The molecule has 2 unspecified atom stereocenters. The van der Waals surface area contributed by atoms with Crippen LogP contribution in [0.4, 0.5) is 0 Å². The second-order valence-electron chi connectivity index (χ2n) is 4.16. The second kappa shape index (κ2) is 4.83. The van der Waals surface area contributed by atoms with E-state index in [1.807, 2.05) is 0 Å². The molecule has 1 rings (SSSR count). The van der Waals surface area contributed by atoms with Gasteiger partial charge in [-0.15, -0.1) is 0 Å². The van der Waals surface area contributed by atoms with Crippen LogP contribution in [0.2, 0.25) is 0 Å². The van der Waals surface area contributed by atoms with Crippen molar-refractivity contribution in [2.24, 2.45) is 17.6 Å². The van der Waals surface area contributed by atoms with Crippen LogP contribution in [0, 0.1) is 11.8 Å². The van der Waals surface area contributed by atoms with Gasteiger partial charge < -0.3 is 10.6 Å². The van der Waals surface area contributed by atoms with Gasteiger partial charge in [-0.1, -0.05) is 20.3 Å². The van der Waals surface area contributed by atoms with Crippen LogP contribution in [-0.4, -0.2) is 31.1 Å². The van der Waals surface area contributed by atoms with Crippen LogP contribution in [-0.2, 0) is 0 Å². The largest absolute Gasteiger partial charge is 0.330 e. The van der Waals surface area contributed by atoms with E-state index in [0.29, 0.717) is 0 Å². The zero-order valence-electron chi connectivity index (χ0n) is 8.42. The highest BCUT2D eigenvalue weighted by atomic mass is 15.1. The summed E-state index contributed by atoms with van der Waals surface area (Å²) >= 11 is 0. The number of rotatable bonds is 4. The fourth-order valence-corrected chi connectivity index (χ4v) is 1.84. The van der Waals surface area contributed by atoms with E-state index in [9.17, 15) is 0 Å². The Balaban J connectivity index is 2.18. The summed E-state index contributed by atoms with van der Waals surface area (Å²) in [6, 6.07) is 0. The first-order valence-electron chi connectivity index (χ1n) is 5.18. The Kier molecular flexibility index (Phi) is 4.02. The fourth-order valence-electron chi connectivity index (χ4n) is 1.84. The third kappa shape index (κ3) is 2.76. The van der Waals surface area contributed by atoms with E-state index in [-0.39, 0.29) is 0 Å². The van der Waals surface area contributed by atoms with Gasteiger partial charge in [0.05, 0.1) is 0 Å². The lowest BCUT2D eigenvalue weighted by molar-refractivity contribution is 0.275. The summed E-state index contributed by atoms with van der Waals surface area (Å²) in [5.74, 6) is 1.62. The molecule has 0 bridgehead atoms. The van der Waals surface area contributed by atoms with Gasteiger partial charge in [-0.25, -0.2) is 0 Å². The second-order valence-corrected chi connectivity index (χ2v) is 4.16. The van der Waals surface area contributed by atoms with Crippen molar-refractivity contribution in [3.8, 4) is 0 Å². The van der Waals surface area contributed by atoms with Crippen molar-refractivity contribution in [2.45, 2.75) is 26.7 Å². The van der Waals surface area contributed by atoms with Crippen molar-refractivity contribution in [1.29, 1.82) is 0 Å². The molecule has 0 aromatic heterocycles. The quantitative estimate of drug-likeness (QED) is 0.689. The minimum Gasteiger partial charge on any atom is -0.330 e. The highest BCUT2D eigenvalue weighted by Crippen LogP contribution is 2.16. The molecule has 1 aliphatic heterocycles. The van der Waals surface area contributed by atoms with Crippen LogP contribution in [0.15, 0.2) is 0 Å². The summed E-state index contributed by atoms with van der Waals surface area (Å²) in [6.07, 6.45) is 2.61. The first kappa shape index (κ1) is 10.0. The molecule has 1 heterocycles.